The van der Waals surface area contributed by atoms with Gasteiger partial charge in [-0.25, -0.2) is 0 Å². The predicted molar refractivity (Wildman–Crippen MR) is 64.4 cm³/mol. The topological polar surface area (TPSA) is 65.1 Å². The molecule has 0 spiro atoms. The Morgan fingerprint density at radius 2 is 2.44 bits per heavy atom. The number of nitrogens with zero attached hydrogens (tertiary/aromatic N) is 2. The molecule has 0 saturated carbocycles. The van der Waals surface area contributed by atoms with E-state index in [1.165, 1.54) is 0 Å². The quantitative estimate of drug-likeness (QED) is 0.801. The van der Waals surface area contributed by atoms with Crippen molar-refractivity contribution in [2.45, 2.75) is 19.8 Å². The summed E-state index contributed by atoms with van der Waals surface area (Å²) < 4.78 is 7.16. The van der Waals surface area contributed by atoms with Crippen LogP contribution in [0.5, 0.6) is 0 Å². The lowest BCUT2D eigenvalue weighted by Gasteiger charge is -2.11. The first kappa shape index (κ1) is 11.3. The lowest BCUT2D eigenvalue weighted by atomic mass is 10.1. The Balaban J connectivity index is 2.00. The highest BCUT2D eigenvalue weighted by molar-refractivity contribution is 5.64. The standard InChI is InChI=1S/C11H20N4O/c1-3-9-10(12)11(15(2)14-9)13-6-8-4-5-16-7-8/h8,13H,3-7,12H2,1-2H3. The third-order valence-electron chi connectivity index (χ3n) is 3.08. The van der Waals surface area contributed by atoms with Crippen LogP contribution >= 0.6 is 0 Å². The second kappa shape index (κ2) is 4.74. The Morgan fingerprint density at radius 1 is 1.62 bits per heavy atom. The maximum atomic E-state index is 6.02. The molecule has 16 heavy (non-hydrogen) atoms. The molecular weight excluding hydrogens is 204 g/mol. The van der Waals surface area contributed by atoms with Crippen LogP contribution in [0, 0.1) is 5.92 Å². The highest BCUT2D eigenvalue weighted by Gasteiger charge is 2.17. The monoisotopic (exact) mass is 224 g/mol. The Kier molecular flexibility index (Phi) is 3.33. The average Bonchev–Trinajstić information content (AvgIpc) is 2.86. The second-order valence-electron chi connectivity index (χ2n) is 4.30. The summed E-state index contributed by atoms with van der Waals surface area (Å²) in [7, 11) is 1.92. The van der Waals surface area contributed by atoms with Gasteiger partial charge in [0, 0.05) is 26.1 Å². The van der Waals surface area contributed by atoms with Gasteiger partial charge >= 0.3 is 0 Å². The van der Waals surface area contributed by atoms with E-state index in [-0.39, 0.29) is 0 Å². The van der Waals surface area contributed by atoms with Crippen LogP contribution in [-0.4, -0.2) is 29.5 Å². The predicted octanol–water partition coefficient (Wildman–Crippen LogP) is 1.01. The molecule has 1 fully saturated rings. The molecule has 1 atom stereocenters. The fourth-order valence-electron chi connectivity index (χ4n) is 2.05. The first-order valence-electron chi connectivity index (χ1n) is 5.85. The molecule has 3 N–H and O–H groups in total. The zero-order chi connectivity index (χ0) is 11.5. The summed E-state index contributed by atoms with van der Waals surface area (Å²) in [6.07, 6.45) is 2.00. The van der Waals surface area contributed by atoms with Crippen molar-refractivity contribution in [2.75, 3.05) is 30.8 Å². The molecule has 1 aliphatic heterocycles. The minimum atomic E-state index is 0.597. The van der Waals surface area contributed by atoms with E-state index in [1.807, 2.05) is 11.7 Å². The van der Waals surface area contributed by atoms with Crippen LogP contribution in [0.2, 0.25) is 0 Å². The van der Waals surface area contributed by atoms with Crippen molar-refractivity contribution in [2.24, 2.45) is 13.0 Å². The molecular formula is C11H20N4O. The molecule has 0 amide bonds. The highest BCUT2D eigenvalue weighted by Crippen LogP contribution is 2.23. The van der Waals surface area contributed by atoms with E-state index in [4.69, 9.17) is 10.5 Å². The Labute approximate surface area is 96.0 Å². The van der Waals surface area contributed by atoms with E-state index in [2.05, 4.69) is 17.3 Å². The van der Waals surface area contributed by atoms with Crippen molar-refractivity contribution in [3.8, 4) is 0 Å². The van der Waals surface area contributed by atoms with Crippen molar-refractivity contribution in [1.29, 1.82) is 0 Å². The number of hydrogen-bond acceptors (Lipinski definition) is 4. The summed E-state index contributed by atoms with van der Waals surface area (Å²) in [4.78, 5) is 0. The van der Waals surface area contributed by atoms with Crippen molar-refractivity contribution in [3.63, 3.8) is 0 Å². The normalized spacial score (nSPS) is 20.2. The third kappa shape index (κ3) is 2.14. The lowest BCUT2D eigenvalue weighted by Crippen LogP contribution is -2.16. The fraction of sp³-hybridized carbons (Fsp3) is 0.727. The summed E-state index contributed by atoms with van der Waals surface area (Å²) in [6, 6.07) is 0. The minimum Gasteiger partial charge on any atom is -0.394 e. The first-order chi connectivity index (χ1) is 7.72. The summed E-state index contributed by atoms with van der Waals surface area (Å²) in [5, 5.41) is 7.75. The number of nitrogens with two attached hydrogens (primary N) is 1. The Hall–Kier alpha value is -1.23. The molecule has 90 valence electrons. The average molecular weight is 224 g/mol. The van der Waals surface area contributed by atoms with Crippen molar-refractivity contribution < 1.29 is 4.74 Å². The van der Waals surface area contributed by atoms with Gasteiger partial charge in [-0.05, 0) is 12.8 Å². The van der Waals surface area contributed by atoms with Gasteiger partial charge < -0.3 is 15.8 Å². The zero-order valence-electron chi connectivity index (χ0n) is 9.99. The lowest BCUT2D eigenvalue weighted by molar-refractivity contribution is 0.187. The molecule has 0 aromatic carbocycles. The molecule has 5 heteroatoms. The summed E-state index contributed by atoms with van der Waals surface area (Å²) in [5.41, 5.74) is 7.77. The van der Waals surface area contributed by atoms with Crippen LogP contribution in [0.15, 0.2) is 0 Å². The van der Waals surface area contributed by atoms with Crippen LogP contribution in [0.25, 0.3) is 0 Å². The first-order valence-corrected chi connectivity index (χ1v) is 5.85. The zero-order valence-corrected chi connectivity index (χ0v) is 9.99. The number of nitrogen functional groups attached to an aromatic ring is 1. The summed E-state index contributed by atoms with van der Waals surface area (Å²) >= 11 is 0. The largest absolute Gasteiger partial charge is 0.394 e. The van der Waals surface area contributed by atoms with Gasteiger partial charge in [-0.15, -0.1) is 0 Å². The molecule has 1 unspecified atom stereocenters. The fourth-order valence-corrected chi connectivity index (χ4v) is 2.05. The molecule has 5 nitrogen and oxygen atoms in total. The maximum Gasteiger partial charge on any atom is 0.147 e. The number of hydrogen-bond donors (Lipinski definition) is 2. The van der Waals surface area contributed by atoms with E-state index in [9.17, 15) is 0 Å². The second-order valence-corrected chi connectivity index (χ2v) is 4.30. The van der Waals surface area contributed by atoms with E-state index < -0.39 is 0 Å². The number of aryl methyl sites for hydroxylation is 2. The molecule has 2 heterocycles. The number of anilines is 2. The van der Waals surface area contributed by atoms with Crippen molar-refractivity contribution in [3.05, 3.63) is 5.69 Å². The number of ether oxygens (including phenoxy) is 1. The molecule has 2 rings (SSSR count). The van der Waals surface area contributed by atoms with Crippen molar-refractivity contribution in [1.82, 2.24) is 9.78 Å². The molecule has 0 radical (unpaired) electrons. The SMILES string of the molecule is CCc1nn(C)c(NCC2CCOC2)c1N. The molecule has 1 aromatic heterocycles. The highest BCUT2D eigenvalue weighted by atomic mass is 16.5. The minimum absolute atomic E-state index is 0.597. The van der Waals surface area contributed by atoms with Gasteiger partial charge in [0.05, 0.1) is 18.0 Å². The number of nitrogens with one attached hydrogen (secondary N) is 1. The Morgan fingerprint density at radius 3 is 3.00 bits per heavy atom. The molecule has 1 aromatic rings. The summed E-state index contributed by atoms with van der Waals surface area (Å²) in [5.74, 6) is 1.53. The van der Waals surface area contributed by atoms with Crippen LogP contribution < -0.4 is 11.1 Å². The van der Waals surface area contributed by atoms with E-state index in [1.54, 1.807) is 0 Å². The van der Waals surface area contributed by atoms with Crippen LogP contribution in [0.4, 0.5) is 11.5 Å². The van der Waals surface area contributed by atoms with Gasteiger partial charge in [0.1, 0.15) is 5.82 Å². The molecule has 0 aliphatic carbocycles. The van der Waals surface area contributed by atoms with Gasteiger partial charge in [-0.2, -0.15) is 5.10 Å². The molecule has 1 aliphatic rings. The number of aromatic nitrogens is 2. The van der Waals surface area contributed by atoms with E-state index in [0.29, 0.717) is 5.92 Å². The third-order valence-corrected chi connectivity index (χ3v) is 3.08. The Bertz CT molecular complexity index is 355. The van der Waals surface area contributed by atoms with Gasteiger partial charge in [0.15, 0.2) is 0 Å². The van der Waals surface area contributed by atoms with Gasteiger partial charge in [0.2, 0.25) is 0 Å². The van der Waals surface area contributed by atoms with E-state index in [0.717, 1.165) is 49.8 Å². The smallest absolute Gasteiger partial charge is 0.147 e. The summed E-state index contributed by atoms with van der Waals surface area (Å²) in [6.45, 7) is 4.71. The van der Waals surface area contributed by atoms with Gasteiger partial charge in [0.25, 0.3) is 0 Å². The van der Waals surface area contributed by atoms with Gasteiger partial charge in [-0.3, -0.25) is 4.68 Å². The van der Waals surface area contributed by atoms with Gasteiger partial charge in [-0.1, -0.05) is 6.92 Å². The maximum absolute atomic E-state index is 6.02. The van der Waals surface area contributed by atoms with Crippen LogP contribution in [-0.2, 0) is 18.2 Å². The molecule has 1 saturated heterocycles. The molecule has 0 bridgehead atoms. The van der Waals surface area contributed by atoms with E-state index >= 15 is 0 Å². The van der Waals surface area contributed by atoms with Crippen LogP contribution in [0.3, 0.4) is 0 Å². The van der Waals surface area contributed by atoms with Crippen molar-refractivity contribution >= 4 is 11.5 Å². The number of rotatable bonds is 4. The van der Waals surface area contributed by atoms with Crippen LogP contribution in [0.1, 0.15) is 19.0 Å².